The van der Waals surface area contributed by atoms with Gasteiger partial charge in [-0.2, -0.15) is 0 Å². The van der Waals surface area contributed by atoms with Gasteiger partial charge >= 0.3 is 0 Å². The number of halogens is 1. The quantitative estimate of drug-likeness (QED) is 0.321. The van der Waals surface area contributed by atoms with E-state index >= 15 is 0 Å². The summed E-state index contributed by atoms with van der Waals surface area (Å²) in [6, 6.07) is 13.9. The van der Waals surface area contributed by atoms with Crippen LogP contribution < -0.4 is 0 Å². The third kappa shape index (κ3) is 3.06. The van der Waals surface area contributed by atoms with Gasteiger partial charge in [0.25, 0.3) is 0 Å². The van der Waals surface area contributed by atoms with E-state index < -0.39 is 0 Å². The Morgan fingerprint density at radius 3 is 2.48 bits per heavy atom. The number of benzene rings is 2. The van der Waals surface area contributed by atoms with E-state index in [0.29, 0.717) is 0 Å². The summed E-state index contributed by atoms with van der Waals surface area (Å²) < 4.78 is 1.31. The molecule has 0 aliphatic heterocycles. The maximum absolute atomic E-state index is 3.83. The molecule has 136 valence electrons. The summed E-state index contributed by atoms with van der Waals surface area (Å²) in [5.74, 6) is 0. The average molecular weight is 464 g/mol. The number of allylic oxidation sites excluding steroid dienone is 7. The highest BCUT2D eigenvalue weighted by Crippen LogP contribution is 2.50. The molecular weight excluding hydrogens is 439 g/mol. The summed E-state index contributed by atoms with van der Waals surface area (Å²) in [4.78, 5) is 0. The first kappa shape index (κ1) is 18.5. The zero-order valence-electron chi connectivity index (χ0n) is 16.3. The van der Waals surface area contributed by atoms with Crippen LogP contribution in [0.15, 0.2) is 78.4 Å². The molecule has 0 radical (unpaired) electrons. The molecule has 0 bridgehead atoms. The third-order valence-electron chi connectivity index (χ3n) is 5.98. The molecule has 2 aromatic carbocycles. The molecule has 0 unspecified atom stereocenters. The highest BCUT2D eigenvalue weighted by atomic mass is 127. The van der Waals surface area contributed by atoms with Gasteiger partial charge in [0.1, 0.15) is 0 Å². The van der Waals surface area contributed by atoms with Gasteiger partial charge in [-0.1, -0.05) is 62.9 Å². The molecule has 0 saturated heterocycles. The van der Waals surface area contributed by atoms with Gasteiger partial charge in [-0.25, -0.2) is 0 Å². The van der Waals surface area contributed by atoms with Gasteiger partial charge in [-0.05, 0) is 105 Å². The lowest BCUT2D eigenvalue weighted by molar-refractivity contribution is 0.659. The second-order valence-corrected chi connectivity index (χ2v) is 9.23. The zero-order valence-corrected chi connectivity index (χ0v) is 18.4. The second kappa shape index (κ2) is 6.94. The van der Waals surface area contributed by atoms with Crippen molar-refractivity contribution in [1.82, 2.24) is 0 Å². The standard InChI is InChI=1S/C26H25I/c1-5-6-9-20-17(2)8-7-10-21(20)18-11-13-22-23-14-12-19(27)16-25(23)26(3,4)24(22)15-18/h5-6,8-9,11-16H,1,7,10H2,2-4H3/b9-6-. The van der Waals surface area contributed by atoms with Crippen LogP contribution in [0, 0.1) is 3.57 Å². The Morgan fingerprint density at radius 1 is 1.04 bits per heavy atom. The largest absolute Gasteiger partial charge is 0.0991 e. The number of fused-ring (bicyclic) bond motifs is 3. The van der Waals surface area contributed by atoms with Gasteiger partial charge in [0.15, 0.2) is 0 Å². The van der Waals surface area contributed by atoms with Crippen molar-refractivity contribution < 1.29 is 0 Å². The molecule has 2 aromatic rings. The van der Waals surface area contributed by atoms with Crippen LogP contribution in [0.25, 0.3) is 16.7 Å². The van der Waals surface area contributed by atoms with Crippen molar-refractivity contribution in [3.05, 3.63) is 98.7 Å². The molecule has 4 rings (SSSR count). The van der Waals surface area contributed by atoms with E-state index in [2.05, 4.69) is 98.5 Å². The molecule has 0 aromatic heterocycles. The number of hydrogen-bond donors (Lipinski definition) is 0. The van der Waals surface area contributed by atoms with Gasteiger partial charge in [-0.3, -0.25) is 0 Å². The first-order valence-corrected chi connectivity index (χ1v) is 10.7. The highest BCUT2D eigenvalue weighted by molar-refractivity contribution is 14.1. The van der Waals surface area contributed by atoms with Crippen molar-refractivity contribution in [3.63, 3.8) is 0 Å². The van der Waals surface area contributed by atoms with E-state index in [4.69, 9.17) is 0 Å². The van der Waals surface area contributed by atoms with Crippen LogP contribution in [0.4, 0.5) is 0 Å². The fraction of sp³-hybridized carbons (Fsp3) is 0.231. The van der Waals surface area contributed by atoms with Crippen LogP contribution in [0.5, 0.6) is 0 Å². The summed E-state index contributed by atoms with van der Waals surface area (Å²) in [7, 11) is 0. The van der Waals surface area contributed by atoms with Crippen LogP contribution in [0.2, 0.25) is 0 Å². The lowest BCUT2D eigenvalue weighted by Crippen LogP contribution is -2.15. The molecule has 0 nitrogen and oxygen atoms in total. The van der Waals surface area contributed by atoms with Crippen molar-refractivity contribution >= 4 is 28.2 Å². The Morgan fingerprint density at radius 2 is 1.74 bits per heavy atom. The van der Waals surface area contributed by atoms with Gasteiger partial charge in [0.05, 0.1) is 0 Å². The minimum atomic E-state index is 0.0408. The first-order chi connectivity index (χ1) is 12.9. The van der Waals surface area contributed by atoms with Gasteiger partial charge < -0.3 is 0 Å². The van der Waals surface area contributed by atoms with E-state index in [9.17, 15) is 0 Å². The molecule has 0 fully saturated rings. The predicted octanol–water partition coefficient (Wildman–Crippen LogP) is 7.83. The Kier molecular flexibility index (Phi) is 4.75. The maximum atomic E-state index is 3.83. The van der Waals surface area contributed by atoms with E-state index in [1.807, 2.05) is 12.2 Å². The normalized spacial score (nSPS) is 17.7. The van der Waals surface area contributed by atoms with E-state index in [1.54, 1.807) is 0 Å². The Labute approximate surface area is 176 Å². The molecule has 0 saturated carbocycles. The van der Waals surface area contributed by atoms with Gasteiger partial charge in [-0.15, -0.1) is 0 Å². The molecule has 0 heterocycles. The van der Waals surface area contributed by atoms with Crippen LogP contribution in [0.1, 0.15) is 50.3 Å². The summed E-state index contributed by atoms with van der Waals surface area (Å²) >= 11 is 2.42. The summed E-state index contributed by atoms with van der Waals surface area (Å²) in [6.45, 7) is 10.8. The van der Waals surface area contributed by atoms with E-state index in [1.165, 1.54) is 48.1 Å². The topological polar surface area (TPSA) is 0 Å². The van der Waals surface area contributed by atoms with E-state index in [-0.39, 0.29) is 5.41 Å². The molecule has 0 spiro atoms. The minimum Gasteiger partial charge on any atom is -0.0991 e. The minimum absolute atomic E-state index is 0.0408. The molecule has 2 aliphatic carbocycles. The van der Waals surface area contributed by atoms with Crippen molar-refractivity contribution in [2.75, 3.05) is 0 Å². The summed E-state index contributed by atoms with van der Waals surface area (Å²) in [5.41, 5.74) is 11.3. The van der Waals surface area contributed by atoms with Crippen molar-refractivity contribution in [3.8, 4) is 11.1 Å². The molecule has 0 amide bonds. The Bertz CT molecular complexity index is 1030. The van der Waals surface area contributed by atoms with Crippen LogP contribution in [-0.2, 0) is 5.41 Å². The highest BCUT2D eigenvalue weighted by Gasteiger charge is 2.35. The molecule has 27 heavy (non-hydrogen) atoms. The number of hydrogen-bond acceptors (Lipinski definition) is 0. The van der Waals surface area contributed by atoms with Crippen LogP contribution in [-0.4, -0.2) is 0 Å². The molecule has 1 heteroatoms. The lowest BCUT2D eigenvalue weighted by Gasteiger charge is -2.24. The summed E-state index contributed by atoms with van der Waals surface area (Å²) in [5, 5.41) is 0. The Balaban J connectivity index is 1.89. The fourth-order valence-electron chi connectivity index (χ4n) is 4.51. The van der Waals surface area contributed by atoms with Crippen molar-refractivity contribution in [2.45, 2.75) is 39.0 Å². The Hall–Kier alpha value is -1.87. The predicted molar refractivity (Wildman–Crippen MR) is 126 cm³/mol. The first-order valence-electron chi connectivity index (χ1n) is 9.58. The molecule has 2 aliphatic rings. The third-order valence-corrected chi connectivity index (χ3v) is 6.65. The maximum Gasteiger partial charge on any atom is 0.0159 e. The van der Waals surface area contributed by atoms with Crippen molar-refractivity contribution in [1.29, 1.82) is 0 Å². The summed E-state index contributed by atoms with van der Waals surface area (Å²) in [6.07, 6.45) is 10.7. The average Bonchev–Trinajstić information content (AvgIpc) is 2.87. The van der Waals surface area contributed by atoms with Crippen LogP contribution in [0.3, 0.4) is 0 Å². The van der Waals surface area contributed by atoms with Crippen molar-refractivity contribution in [2.24, 2.45) is 0 Å². The van der Waals surface area contributed by atoms with Gasteiger partial charge in [0, 0.05) is 8.99 Å². The smallest absolute Gasteiger partial charge is 0.0159 e. The number of rotatable bonds is 3. The SMILES string of the molecule is C=C/C=C\C1=C(c2ccc3c(c2)C(C)(C)c2cc(I)ccc2-3)CCC=C1C. The van der Waals surface area contributed by atoms with Crippen LogP contribution >= 0.6 is 22.6 Å². The van der Waals surface area contributed by atoms with E-state index in [0.717, 1.165) is 12.8 Å². The van der Waals surface area contributed by atoms with Gasteiger partial charge in [0.2, 0.25) is 0 Å². The zero-order chi connectivity index (χ0) is 19.2. The molecular formula is C26H25I. The molecule has 0 N–H and O–H groups in total. The second-order valence-electron chi connectivity index (χ2n) is 7.99. The lowest BCUT2D eigenvalue weighted by atomic mass is 9.80. The fourth-order valence-corrected chi connectivity index (χ4v) is 5.00. The monoisotopic (exact) mass is 464 g/mol. The molecule has 0 atom stereocenters.